The normalized spacial score (nSPS) is 15.5. The zero-order valence-corrected chi connectivity index (χ0v) is 16.7. The van der Waals surface area contributed by atoms with Crippen molar-refractivity contribution in [2.45, 2.75) is 46.1 Å². The molecule has 0 aromatic heterocycles. The summed E-state index contributed by atoms with van der Waals surface area (Å²) < 4.78 is 0. The van der Waals surface area contributed by atoms with Crippen molar-refractivity contribution < 1.29 is 14.6 Å². The van der Waals surface area contributed by atoms with Gasteiger partial charge in [0.05, 0.1) is 18.0 Å². The van der Waals surface area contributed by atoms with Crippen LogP contribution in [0.25, 0.3) is 0 Å². The van der Waals surface area contributed by atoms with Crippen LogP contribution in [0, 0.1) is 10.1 Å². The van der Waals surface area contributed by atoms with Crippen LogP contribution in [0.15, 0.2) is 24.3 Å². The van der Waals surface area contributed by atoms with E-state index in [-0.39, 0.29) is 22.2 Å². The minimum absolute atomic E-state index is 0.0985. The van der Waals surface area contributed by atoms with E-state index >= 15 is 0 Å². The fourth-order valence-corrected chi connectivity index (χ4v) is 3.08. The quantitative estimate of drug-likeness (QED) is 0.555. The number of amides is 1. The van der Waals surface area contributed by atoms with Gasteiger partial charge in [-0.1, -0.05) is 25.5 Å². The van der Waals surface area contributed by atoms with E-state index in [2.05, 4.69) is 6.92 Å². The molecule has 1 fully saturated rings. The SMILES string of the molecule is CCCCN(C(=O)ON1CCN(c2ccccc2[N+](=O)[O-])CC1)C(C)(C)C. The topological polar surface area (TPSA) is 79.2 Å². The van der Waals surface area contributed by atoms with Gasteiger partial charge in [-0.25, -0.2) is 4.79 Å². The summed E-state index contributed by atoms with van der Waals surface area (Å²) in [5.74, 6) is 0. The smallest absolute Gasteiger partial charge is 0.363 e. The molecule has 0 atom stereocenters. The molecule has 1 amide bonds. The number of hydroxylamine groups is 2. The maximum absolute atomic E-state index is 12.6. The van der Waals surface area contributed by atoms with Gasteiger partial charge in [0, 0.05) is 31.2 Å². The zero-order valence-electron chi connectivity index (χ0n) is 16.7. The molecule has 8 nitrogen and oxygen atoms in total. The van der Waals surface area contributed by atoms with Crippen LogP contribution >= 0.6 is 0 Å². The maximum Gasteiger partial charge on any atom is 0.429 e. The summed E-state index contributed by atoms with van der Waals surface area (Å²) in [4.78, 5) is 32.8. The average Bonchev–Trinajstić information content (AvgIpc) is 2.61. The van der Waals surface area contributed by atoms with Gasteiger partial charge in [0.1, 0.15) is 5.69 Å². The predicted molar refractivity (Wildman–Crippen MR) is 105 cm³/mol. The summed E-state index contributed by atoms with van der Waals surface area (Å²) in [5, 5.41) is 12.9. The second-order valence-corrected chi connectivity index (χ2v) is 7.70. The van der Waals surface area contributed by atoms with Crippen molar-refractivity contribution in [1.29, 1.82) is 0 Å². The first-order chi connectivity index (χ1) is 12.7. The Kier molecular flexibility index (Phi) is 7.01. The molecule has 1 aromatic rings. The van der Waals surface area contributed by atoms with Crippen LogP contribution in [0.3, 0.4) is 0 Å². The second-order valence-electron chi connectivity index (χ2n) is 7.70. The molecule has 1 aliphatic heterocycles. The van der Waals surface area contributed by atoms with Gasteiger partial charge in [0.25, 0.3) is 5.69 Å². The monoisotopic (exact) mass is 378 g/mol. The Morgan fingerprint density at radius 2 is 1.85 bits per heavy atom. The number of hydrogen-bond donors (Lipinski definition) is 0. The Balaban J connectivity index is 1.96. The summed E-state index contributed by atoms with van der Waals surface area (Å²) >= 11 is 0. The van der Waals surface area contributed by atoms with Crippen LogP contribution in [-0.2, 0) is 4.84 Å². The molecular weight excluding hydrogens is 348 g/mol. The minimum atomic E-state index is -0.364. The van der Waals surface area contributed by atoms with Crippen LogP contribution in [0.5, 0.6) is 0 Å². The van der Waals surface area contributed by atoms with Crippen molar-refractivity contribution in [3.63, 3.8) is 0 Å². The fourth-order valence-electron chi connectivity index (χ4n) is 3.08. The number of carbonyl (C=O) groups excluding carboxylic acids is 1. The predicted octanol–water partition coefficient (Wildman–Crippen LogP) is 3.67. The van der Waals surface area contributed by atoms with E-state index in [4.69, 9.17) is 4.84 Å². The Labute approximate surface area is 160 Å². The average molecular weight is 378 g/mol. The van der Waals surface area contributed by atoms with Gasteiger partial charge < -0.3 is 14.6 Å². The highest BCUT2D eigenvalue weighted by Gasteiger charge is 2.30. The number of nitrogens with zero attached hydrogens (tertiary/aromatic N) is 4. The second kappa shape index (κ2) is 9.03. The number of para-hydroxylation sites is 2. The van der Waals surface area contributed by atoms with Gasteiger partial charge in [0.15, 0.2) is 0 Å². The first-order valence-electron chi connectivity index (χ1n) is 9.47. The molecule has 0 bridgehead atoms. The molecule has 27 heavy (non-hydrogen) atoms. The molecule has 0 spiro atoms. The number of piperazine rings is 1. The molecule has 1 aromatic carbocycles. The highest BCUT2D eigenvalue weighted by molar-refractivity contribution is 5.68. The molecule has 150 valence electrons. The largest absolute Gasteiger partial charge is 0.429 e. The van der Waals surface area contributed by atoms with Crippen LogP contribution in [0.2, 0.25) is 0 Å². The number of anilines is 1. The van der Waals surface area contributed by atoms with Crippen molar-refractivity contribution >= 4 is 17.5 Å². The summed E-state index contributed by atoms with van der Waals surface area (Å²) in [5.41, 5.74) is 0.396. The minimum Gasteiger partial charge on any atom is -0.363 e. The third kappa shape index (κ3) is 5.56. The molecule has 0 saturated carbocycles. The molecule has 8 heteroatoms. The van der Waals surface area contributed by atoms with Crippen LogP contribution in [0.4, 0.5) is 16.2 Å². The number of hydrogen-bond acceptors (Lipinski definition) is 6. The molecular formula is C19H30N4O4. The van der Waals surface area contributed by atoms with E-state index in [9.17, 15) is 14.9 Å². The Bertz CT molecular complexity index is 651. The van der Waals surface area contributed by atoms with Crippen LogP contribution < -0.4 is 4.90 Å². The Morgan fingerprint density at radius 1 is 1.22 bits per heavy atom. The fraction of sp³-hybridized carbons (Fsp3) is 0.632. The van der Waals surface area contributed by atoms with Crippen molar-refractivity contribution in [1.82, 2.24) is 9.96 Å². The van der Waals surface area contributed by atoms with Gasteiger partial charge in [-0.3, -0.25) is 10.1 Å². The molecule has 0 aliphatic carbocycles. The van der Waals surface area contributed by atoms with Gasteiger partial charge in [-0.15, -0.1) is 5.06 Å². The highest BCUT2D eigenvalue weighted by Crippen LogP contribution is 2.28. The first-order valence-corrected chi connectivity index (χ1v) is 9.47. The van der Waals surface area contributed by atoms with E-state index in [1.165, 1.54) is 6.07 Å². The Hall–Kier alpha value is -2.35. The lowest BCUT2D eigenvalue weighted by molar-refractivity contribution is -0.384. The summed E-state index contributed by atoms with van der Waals surface area (Å²) in [7, 11) is 0. The molecule has 0 radical (unpaired) electrons. The highest BCUT2D eigenvalue weighted by atomic mass is 16.7. The van der Waals surface area contributed by atoms with Crippen LogP contribution in [0.1, 0.15) is 40.5 Å². The van der Waals surface area contributed by atoms with Crippen LogP contribution in [-0.4, -0.2) is 59.2 Å². The lowest BCUT2D eigenvalue weighted by atomic mass is 10.1. The zero-order chi connectivity index (χ0) is 20.0. The van der Waals surface area contributed by atoms with Crippen molar-refractivity contribution in [2.75, 3.05) is 37.6 Å². The summed E-state index contributed by atoms with van der Waals surface area (Å²) in [6.07, 6.45) is 1.60. The summed E-state index contributed by atoms with van der Waals surface area (Å²) in [6.45, 7) is 10.9. The lowest BCUT2D eigenvalue weighted by Crippen LogP contribution is -2.52. The molecule has 2 rings (SSSR count). The lowest BCUT2D eigenvalue weighted by Gasteiger charge is -2.38. The van der Waals surface area contributed by atoms with Gasteiger partial charge in [-0.2, -0.15) is 0 Å². The number of benzene rings is 1. The van der Waals surface area contributed by atoms with E-state index in [1.807, 2.05) is 25.7 Å². The van der Waals surface area contributed by atoms with E-state index in [1.54, 1.807) is 28.2 Å². The third-order valence-corrected chi connectivity index (χ3v) is 4.63. The maximum atomic E-state index is 12.6. The third-order valence-electron chi connectivity index (χ3n) is 4.63. The molecule has 1 saturated heterocycles. The molecule has 1 aliphatic rings. The number of nitro groups is 1. The van der Waals surface area contributed by atoms with Crippen molar-refractivity contribution in [2.24, 2.45) is 0 Å². The standard InChI is InChI=1S/C19H30N4O4/c1-5-6-11-22(19(2,3)4)18(24)27-21-14-12-20(13-15-21)16-9-7-8-10-17(16)23(25)26/h7-10H,5-6,11-15H2,1-4H3. The van der Waals surface area contributed by atoms with Gasteiger partial charge >= 0.3 is 6.09 Å². The molecule has 1 heterocycles. The summed E-state index contributed by atoms with van der Waals surface area (Å²) in [6, 6.07) is 6.73. The van der Waals surface area contributed by atoms with E-state index in [0.29, 0.717) is 38.4 Å². The van der Waals surface area contributed by atoms with Crippen molar-refractivity contribution in [3.8, 4) is 0 Å². The van der Waals surface area contributed by atoms with Gasteiger partial charge in [-0.05, 0) is 33.3 Å². The number of rotatable bonds is 6. The van der Waals surface area contributed by atoms with E-state index < -0.39 is 0 Å². The number of nitro benzene ring substituents is 1. The molecule has 0 N–H and O–H groups in total. The number of unbranched alkanes of at least 4 members (excludes halogenated alkanes) is 1. The van der Waals surface area contributed by atoms with Gasteiger partial charge in [0.2, 0.25) is 0 Å². The molecule has 0 unspecified atom stereocenters. The Morgan fingerprint density at radius 3 is 2.41 bits per heavy atom. The number of carbonyl (C=O) groups is 1. The first kappa shape index (κ1) is 21.0. The van der Waals surface area contributed by atoms with E-state index in [0.717, 1.165) is 12.8 Å². The van der Waals surface area contributed by atoms with Crippen molar-refractivity contribution in [3.05, 3.63) is 34.4 Å².